The van der Waals surface area contributed by atoms with E-state index >= 15 is 0 Å². The van der Waals surface area contributed by atoms with E-state index in [0.29, 0.717) is 0 Å². The lowest BCUT2D eigenvalue weighted by molar-refractivity contribution is -0.120. The highest BCUT2D eigenvalue weighted by Crippen LogP contribution is 2.24. The number of nitrogens with one attached hydrogen (secondary N) is 1. The molecule has 0 radical (unpaired) electrons. The fourth-order valence-electron chi connectivity index (χ4n) is 2.00. The van der Waals surface area contributed by atoms with E-state index in [-0.39, 0.29) is 23.3 Å². The third kappa shape index (κ3) is 5.46. The molecule has 0 fully saturated rings. The lowest BCUT2D eigenvalue weighted by Crippen LogP contribution is -2.43. The smallest absolute Gasteiger partial charge is 0.240 e. The van der Waals surface area contributed by atoms with Gasteiger partial charge in [-0.05, 0) is 31.5 Å². The normalized spacial score (nSPS) is 12.8. The summed E-state index contributed by atoms with van der Waals surface area (Å²) in [6.07, 6.45) is 2.69. The monoisotopic (exact) mass is 350 g/mol. The maximum Gasteiger partial charge on any atom is 0.240 e. The third-order valence-electron chi connectivity index (χ3n) is 3.01. The molecular weight excluding hydrogens is 331 g/mol. The van der Waals surface area contributed by atoms with Crippen LogP contribution in [0.15, 0.2) is 18.2 Å². The first kappa shape index (κ1) is 18.7. The summed E-state index contributed by atoms with van der Waals surface area (Å²) in [5.74, 6) is -1.08. The highest BCUT2D eigenvalue weighted by Gasteiger charge is 2.22. The van der Waals surface area contributed by atoms with Crippen molar-refractivity contribution in [3.63, 3.8) is 0 Å². The van der Waals surface area contributed by atoms with Gasteiger partial charge in [0.2, 0.25) is 15.9 Å². The van der Waals surface area contributed by atoms with Crippen LogP contribution < -0.4 is 9.62 Å². The number of carbonyl (C=O) groups excluding carboxylic acids is 1. The number of anilines is 1. The van der Waals surface area contributed by atoms with Gasteiger partial charge in [-0.25, -0.2) is 12.8 Å². The second-order valence-corrected chi connectivity index (χ2v) is 7.44. The number of benzene rings is 1. The van der Waals surface area contributed by atoms with E-state index in [2.05, 4.69) is 5.32 Å². The van der Waals surface area contributed by atoms with Crippen molar-refractivity contribution in [3.8, 4) is 0 Å². The molecule has 8 heteroatoms. The minimum atomic E-state index is -3.70. The Hall–Kier alpha value is -1.34. The average molecular weight is 351 g/mol. The summed E-state index contributed by atoms with van der Waals surface area (Å²) in [6, 6.07) is 3.47. The Balaban J connectivity index is 2.95. The van der Waals surface area contributed by atoms with Gasteiger partial charge in [0.25, 0.3) is 0 Å². The van der Waals surface area contributed by atoms with Crippen LogP contribution >= 0.6 is 11.6 Å². The van der Waals surface area contributed by atoms with Crippen molar-refractivity contribution in [1.82, 2.24) is 5.32 Å². The quantitative estimate of drug-likeness (QED) is 0.821. The number of halogens is 2. The van der Waals surface area contributed by atoms with E-state index in [1.54, 1.807) is 0 Å². The molecule has 0 aliphatic rings. The summed E-state index contributed by atoms with van der Waals surface area (Å²) in [6.45, 7) is 3.46. The van der Waals surface area contributed by atoms with Gasteiger partial charge in [0.1, 0.15) is 12.4 Å². The molecule has 1 N–H and O–H groups in total. The van der Waals surface area contributed by atoms with E-state index in [1.807, 2.05) is 13.8 Å². The fourth-order valence-corrected chi connectivity index (χ4v) is 3.02. The lowest BCUT2D eigenvalue weighted by Gasteiger charge is -2.23. The number of hydrogen-bond donors (Lipinski definition) is 1. The maximum absolute atomic E-state index is 13.2. The van der Waals surface area contributed by atoms with Crippen molar-refractivity contribution in [1.29, 1.82) is 0 Å². The van der Waals surface area contributed by atoms with Crippen LogP contribution in [-0.4, -0.2) is 33.2 Å². The summed E-state index contributed by atoms with van der Waals surface area (Å²) >= 11 is 5.67. The highest BCUT2D eigenvalue weighted by molar-refractivity contribution is 7.92. The van der Waals surface area contributed by atoms with E-state index in [1.165, 1.54) is 12.1 Å². The minimum Gasteiger partial charge on any atom is -0.352 e. The summed E-state index contributed by atoms with van der Waals surface area (Å²) in [7, 11) is -3.70. The van der Waals surface area contributed by atoms with Crippen molar-refractivity contribution < 1.29 is 17.6 Å². The van der Waals surface area contributed by atoms with Crippen LogP contribution in [-0.2, 0) is 14.8 Å². The summed E-state index contributed by atoms with van der Waals surface area (Å²) in [5, 5.41) is 2.52. The average Bonchev–Trinajstić information content (AvgIpc) is 2.38. The van der Waals surface area contributed by atoms with Crippen molar-refractivity contribution in [3.05, 3.63) is 29.0 Å². The van der Waals surface area contributed by atoms with E-state index in [0.717, 1.165) is 29.5 Å². The molecule has 22 heavy (non-hydrogen) atoms. The molecular formula is C14H20ClFN2O3S. The van der Waals surface area contributed by atoms with Crippen molar-refractivity contribution in [2.24, 2.45) is 0 Å². The largest absolute Gasteiger partial charge is 0.352 e. The Kier molecular flexibility index (Phi) is 6.62. The van der Waals surface area contributed by atoms with E-state index in [4.69, 9.17) is 11.6 Å². The van der Waals surface area contributed by atoms with Crippen LogP contribution in [0.1, 0.15) is 26.7 Å². The lowest BCUT2D eigenvalue weighted by atomic mass is 10.2. The number of hydrogen-bond acceptors (Lipinski definition) is 3. The number of sulfonamides is 1. The molecule has 0 aromatic heterocycles. The zero-order valence-corrected chi connectivity index (χ0v) is 14.3. The zero-order valence-electron chi connectivity index (χ0n) is 12.8. The fraction of sp³-hybridized carbons (Fsp3) is 0.500. The van der Waals surface area contributed by atoms with Gasteiger partial charge in [0, 0.05) is 6.04 Å². The van der Waals surface area contributed by atoms with E-state index < -0.39 is 21.7 Å². The molecule has 1 aromatic carbocycles. The van der Waals surface area contributed by atoms with Crippen molar-refractivity contribution in [2.75, 3.05) is 17.1 Å². The minimum absolute atomic E-state index is 0.0456. The molecule has 0 unspecified atom stereocenters. The first-order valence-corrected chi connectivity index (χ1v) is 9.10. The molecule has 0 aliphatic heterocycles. The summed E-state index contributed by atoms with van der Waals surface area (Å²) < 4.78 is 37.9. The number of amides is 1. The molecule has 0 saturated heterocycles. The topological polar surface area (TPSA) is 66.5 Å². The molecule has 0 saturated carbocycles. The Morgan fingerprint density at radius 3 is 2.59 bits per heavy atom. The van der Waals surface area contributed by atoms with Crippen LogP contribution in [0.5, 0.6) is 0 Å². The zero-order chi connectivity index (χ0) is 16.9. The SMILES string of the molecule is CCC[C@H](C)NC(=O)CN(c1ccc(F)c(Cl)c1)S(C)(=O)=O. The van der Waals surface area contributed by atoms with Gasteiger partial charge in [0.15, 0.2) is 0 Å². The second-order valence-electron chi connectivity index (χ2n) is 5.13. The number of nitrogens with zero attached hydrogens (tertiary/aromatic N) is 1. The molecule has 0 aliphatic carbocycles. The van der Waals surface area contributed by atoms with Crippen molar-refractivity contribution >= 4 is 33.2 Å². The number of carbonyl (C=O) groups is 1. The van der Waals surface area contributed by atoms with Gasteiger partial charge < -0.3 is 5.32 Å². The second kappa shape index (κ2) is 7.78. The molecule has 1 rings (SSSR count). The molecule has 0 bridgehead atoms. The first-order valence-electron chi connectivity index (χ1n) is 6.87. The Morgan fingerprint density at radius 2 is 2.09 bits per heavy atom. The maximum atomic E-state index is 13.2. The molecule has 5 nitrogen and oxygen atoms in total. The van der Waals surface area contributed by atoms with Crippen LogP contribution in [0.2, 0.25) is 5.02 Å². The van der Waals surface area contributed by atoms with Gasteiger partial charge in [-0.2, -0.15) is 0 Å². The van der Waals surface area contributed by atoms with Crippen molar-refractivity contribution in [2.45, 2.75) is 32.7 Å². The standard InChI is InChI=1S/C14H20ClFN2O3S/c1-4-5-10(2)17-14(19)9-18(22(3,20)21)11-6-7-13(16)12(15)8-11/h6-8,10H,4-5,9H2,1-3H3,(H,17,19)/t10-/m0/s1. The first-order chi connectivity index (χ1) is 10.1. The highest BCUT2D eigenvalue weighted by atomic mass is 35.5. The van der Waals surface area contributed by atoms with Crippen LogP contribution in [0.4, 0.5) is 10.1 Å². The van der Waals surface area contributed by atoms with Gasteiger partial charge in [0.05, 0.1) is 17.0 Å². The van der Waals surface area contributed by atoms with E-state index in [9.17, 15) is 17.6 Å². The molecule has 0 heterocycles. The van der Waals surface area contributed by atoms with Gasteiger partial charge >= 0.3 is 0 Å². The summed E-state index contributed by atoms with van der Waals surface area (Å²) in [5.41, 5.74) is 0.146. The molecule has 1 atom stereocenters. The Morgan fingerprint density at radius 1 is 1.45 bits per heavy atom. The Labute approximate surface area is 135 Å². The summed E-state index contributed by atoms with van der Waals surface area (Å²) in [4.78, 5) is 12.0. The molecule has 1 amide bonds. The third-order valence-corrected chi connectivity index (χ3v) is 4.44. The van der Waals surface area contributed by atoms with Crippen LogP contribution in [0.3, 0.4) is 0 Å². The van der Waals surface area contributed by atoms with Gasteiger partial charge in [-0.15, -0.1) is 0 Å². The van der Waals surface area contributed by atoms with Crippen LogP contribution in [0.25, 0.3) is 0 Å². The molecule has 0 spiro atoms. The van der Waals surface area contributed by atoms with Gasteiger partial charge in [-0.1, -0.05) is 24.9 Å². The predicted molar refractivity (Wildman–Crippen MR) is 86.1 cm³/mol. The van der Waals surface area contributed by atoms with Crippen LogP contribution in [0, 0.1) is 5.82 Å². The molecule has 124 valence electrons. The number of rotatable bonds is 7. The van der Waals surface area contributed by atoms with Gasteiger partial charge in [-0.3, -0.25) is 9.10 Å². The molecule has 1 aromatic rings. The Bertz CT molecular complexity index is 637. The predicted octanol–water partition coefficient (Wildman–Crippen LogP) is 2.55.